The summed E-state index contributed by atoms with van der Waals surface area (Å²) >= 11 is 3.32. The Morgan fingerprint density at radius 3 is 2.81 bits per heavy atom. The summed E-state index contributed by atoms with van der Waals surface area (Å²) in [4.78, 5) is 15.3. The van der Waals surface area contributed by atoms with Gasteiger partial charge in [-0.2, -0.15) is 0 Å². The summed E-state index contributed by atoms with van der Waals surface area (Å²) in [6, 6.07) is 1.36. The number of carbonyl (C=O) groups excluding carboxylic acids is 1. The lowest BCUT2D eigenvalue weighted by molar-refractivity contribution is 0.0927. The second-order valence-corrected chi connectivity index (χ2v) is 4.48. The van der Waals surface area contributed by atoms with Crippen LogP contribution in [-0.4, -0.2) is 22.3 Å². The zero-order chi connectivity index (χ0) is 12.1. The van der Waals surface area contributed by atoms with E-state index in [0.717, 1.165) is 6.20 Å². The van der Waals surface area contributed by atoms with E-state index in [4.69, 9.17) is 0 Å². The van der Waals surface area contributed by atoms with Crippen molar-refractivity contribution in [2.45, 2.75) is 19.9 Å². The third-order valence-corrected chi connectivity index (χ3v) is 3.00. The zero-order valence-corrected chi connectivity index (χ0v) is 10.8. The number of rotatable bonds is 4. The van der Waals surface area contributed by atoms with Crippen molar-refractivity contribution >= 4 is 21.8 Å². The van der Waals surface area contributed by atoms with Crippen molar-refractivity contribution in [1.29, 1.82) is 0 Å². The minimum Gasteiger partial charge on any atom is -0.348 e. The molecule has 0 aromatic carbocycles. The van der Waals surface area contributed by atoms with Crippen LogP contribution in [0, 0.1) is 11.7 Å². The highest BCUT2D eigenvalue weighted by Crippen LogP contribution is 2.08. The summed E-state index contributed by atoms with van der Waals surface area (Å²) < 4.78 is 13.3. The number of nitrogens with one attached hydrogen (secondary N) is 1. The third-order valence-electron chi connectivity index (χ3n) is 2.30. The Kier molecular flexibility index (Phi) is 4.86. The quantitative estimate of drug-likeness (QED) is 0.865. The Labute approximate surface area is 103 Å². The third kappa shape index (κ3) is 3.27. The highest BCUT2D eigenvalue weighted by atomic mass is 79.9. The summed E-state index contributed by atoms with van der Waals surface area (Å²) in [5.74, 6) is -0.719. The van der Waals surface area contributed by atoms with Gasteiger partial charge in [0.2, 0.25) is 0 Å². The van der Waals surface area contributed by atoms with Gasteiger partial charge in [0.1, 0.15) is 0 Å². The average molecular weight is 289 g/mol. The minimum atomic E-state index is -0.600. The molecule has 5 heteroatoms. The first kappa shape index (κ1) is 13.1. The Morgan fingerprint density at radius 1 is 1.62 bits per heavy atom. The van der Waals surface area contributed by atoms with Crippen LogP contribution in [0.25, 0.3) is 0 Å². The normalized spacial score (nSPS) is 12.6. The molecule has 0 fully saturated rings. The molecule has 0 aliphatic rings. The van der Waals surface area contributed by atoms with Gasteiger partial charge >= 0.3 is 0 Å². The van der Waals surface area contributed by atoms with Gasteiger partial charge in [-0.3, -0.25) is 9.78 Å². The molecule has 1 unspecified atom stereocenters. The van der Waals surface area contributed by atoms with Gasteiger partial charge in [0.25, 0.3) is 5.91 Å². The number of carbonyl (C=O) groups is 1. The molecule has 0 bridgehead atoms. The van der Waals surface area contributed by atoms with Crippen molar-refractivity contribution in [2.75, 3.05) is 5.33 Å². The van der Waals surface area contributed by atoms with Gasteiger partial charge < -0.3 is 5.32 Å². The monoisotopic (exact) mass is 288 g/mol. The van der Waals surface area contributed by atoms with Crippen LogP contribution in [0.5, 0.6) is 0 Å². The van der Waals surface area contributed by atoms with Crippen molar-refractivity contribution in [3.8, 4) is 0 Å². The molecule has 1 amide bonds. The summed E-state index contributed by atoms with van der Waals surface area (Å²) in [6.45, 7) is 3.99. The van der Waals surface area contributed by atoms with Crippen LogP contribution in [0.4, 0.5) is 4.39 Å². The summed E-state index contributed by atoms with van der Waals surface area (Å²) in [5, 5.41) is 3.41. The lowest BCUT2D eigenvalue weighted by Crippen LogP contribution is -2.40. The Morgan fingerprint density at radius 2 is 2.31 bits per heavy atom. The Balaban J connectivity index is 2.76. The molecule has 0 spiro atoms. The summed E-state index contributed by atoms with van der Waals surface area (Å²) in [5.41, 5.74) is 0.0293. The van der Waals surface area contributed by atoms with E-state index in [9.17, 15) is 9.18 Å². The lowest BCUT2D eigenvalue weighted by Gasteiger charge is -2.19. The van der Waals surface area contributed by atoms with Crippen molar-refractivity contribution in [2.24, 2.45) is 5.92 Å². The van der Waals surface area contributed by atoms with Crippen LogP contribution < -0.4 is 5.32 Å². The van der Waals surface area contributed by atoms with Crippen LogP contribution in [0.15, 0.2) is 18.5 Å². The predicted octanol–water partition coefficient (Wildman–Crippen LogP) is 2.37. The molecular formula is C11H14BrFN2O. The highest BCUT2D eigenvalue weighted by Gasteiger charge is 2.18. The number of hydrogen-bond acceptors (Lipinski definition) is 2. The molecule has 0 saturated carbocycles. The topological polar surface area (TPSA) is 42.0 Å². The Bertz CT molecular complexity index is 371. The molecule has 16 heavy (non-hydrogen) atoms. The van der Waals surface area contributed by atoms with Crippen molar-refractivity contribution in [1.82, 2.24) is 10.3 Å². The SMILES string of the molecule is CC(C)C(CBr)NC(=O)c1ccncc1F. The molecule has 0 aliphatic carbocycles. The lowest BCUT2D eigenvalue weighted by atomic mass is 10.1. The van der Waals surface area contributed by atoms with Crippen LogP contribution in [-0.2, 0) is 0 Å². The van der Waals surface area contributed by atoms with E-state index in [1.165, 1.54) is 12.3 Å². The van der Waals surface area contributed by atoms with Crippen molar-refractivity contribution in [3.05, 3.63) is 29.8 Å². The van der Waals surface area contributed by atoms with E-state index in [1.807, 2.05) is 13.8 Å². The second-order valence-electron chi connectivity index (χ2n) is 3.83. The standard InChI is InChI=1S/C11H14BrFN2O/c1-7(2)10(5-12)15-11(16)8-3-4-14-6-9(8)13/h3-4,6-7,10H,5H2,1-2H3,(H,15,16). The fourth-order valence-electron chi connectivity index (χ4n) is 1.19. The fraction of sp³-hybridized carbons (Fsp3) is 0.455. The van der Waals surface area contributed by atoms with Crippen molar-refractivity contribution < 1.29 is 9.18 Å². The smallest absolute Gasteiger partial charge is 0.254 e. The second kappa shape index (κ2) is 5.94. The maximum absolute atomic E-state index is 13.3. The number of amides is 1. The number of halogens is 2. The van der Waals surface area contributed by atoms with Gasteiger partial charge in [-0.05, 0) is 12.0 Å². The first-order valence-electron chi connectivity index (χ1n) is 5.02. The molecule has 1 rings (SSSR count). The molecule has 0 saturated heterocycles. The first-order chi connectivity index (χ1) is 7.56. The molecular weight excluding hydrogens is 275 g/mol. The van der Waals surface area contributed by atoms with Gasteiger partial charge in [-0.1, -0.05) is 29.8 Å². The zero-order valence-electron chi connectivity index (χ0n) is 9.21. The molecule has 1 aromatic heterocycles. The largest absolute Gasteiger partial charge is 0.348 e. The summed E-state index contributed by atoms with van der Waals surface area (Å²) in [6.07, 6.45) is 2.43. The van der Waals surface area contributed by atoms with Gasteiger partial charge in [-0.25, -0.2) is 4.39 Å². The van der Waals surface area contributed by atoms with Gasteiger partial charge in [0.05, 0.1) is 11.8 Å². The molecule has 1 heterocycles. The molecule has 1 aromatic rings. The van der Waals surface area contributed by atoms with Crippen LogP contribution in [0.2, 0.25) is 0 Å². The van der Waals surface area contributed by atoms with E-state index in [0.29, 0.717) is 5.33 Å². The van der Waals surface area contributed by atoms with Crippen LogP contribution >= 0.6 is 15.9 Å². The summed E-state index contributed by atoms with van der Waals surface area (Å²) in [7, 11) is 0. The highest BCUT2D eigenvalue weighted by molar-refractivity contribution is 9.09. The maximum Gasteiger partial charge on any atom is 0.254 e. The van der Waals surface area contributed by atoms with Crippen molar-refractivity contribution in [3.63, 3.8) is 0 Å². The number of aromatic nitrogens is 1. The van der Waals surface area contributed by atoms with Gasteiger partial charge in [-0.15, -0.1) is 0 Å². The first-order valence-corrected chi connectivity index (χ1v) is 6.14. The average Bonchev–Trinajstić information content (AvgIpc) is 2.25. The number of pyridine rings is 1. The van der Waals surface area contributed by atoms with E-state index in [2.05, 4.69) is 26.2 Å². The van der Waals surface area contributed by atoms with E-state index in [-0.39, 0.29) is 17.5 Å². The minimum absolute atomic E-state index is 0.0138. The molecule has 88 valence electrons. The predicted molar refractivity (Wildman–Crippen MR) is 64.1 cm³/mol. The van der Waals surface area contributed by atoms with Gasteiger partial charge in [0.15, 0.2) is 5.82 Å². The fourth-order valence-corrected chi connectivity index (χ4v) is 2.10. The Hall–Kier alpha value is -0.970. The van der Waals surface area contributed by atoms with Crippen LogP contribution in [0.3, 0.4) is 0 Å². The molecule has 3 nitrogen and oxygen atoms in total. The van der Waals surface area contributed by atoms with E-state index in [1.54, 1.807) is 0 Å². The maximum atomic E-state index is 13.3. The molecule has 0 radical (unpaired) electrons. The number of hydrogen-bond donors (Lipinski definition) is 1. The van der Waals surface area contributed by atoms with Gasteiger partial charge in [0, 0.05) is 17.6 Å². The number of nitrogens with zero attached hydrogens (tertiary/aromatic N) is 1. The van der Waals surface area contributed by atoms with E-state index < -0.39 is 11.7 Å². The van der Waals surface area contributed by atoms with Crippen LogP contribution in [0.1, 0.15) is 24.2 Å². The molecule has 0 aliphatic heterocycles. The number of alkyl halides is 1. The molecule has 1 atom stereocenters. The molecule has 1 N–H and O–H groups in total. The van der Waals surface area contributed by atoms with E-state index >= 15 is 0 Å².